The summed E-state index contributed by atoms with van der Waals surface area (Å²) in [6, 6.07) is 2.67. The zero-order valence-corrected chi connectivity index (χ0v) is 6.75. The highest BCUT2D eigenvalue weighted by molar-refractivity contribution is 5.98. The van der Waals surface area contributed by atoms with E-state index < -0.39 is 11.7 Å². The zero-order valence-electron chi connectivity index (χ0n) is 7.75. The number of aliphatic hydroxyl groups excluding tert-OH is 1. The fourth-order valence-corrected chi connectivity index (χ4v) is 1.42. The average molecular weight is 182 g/mol. The summed E-state index contributed by atoms with van der Waals surface area (Å²) in [5, 5.41) is 9.52. The minimum absolute atomic E-state index is 0.0443. The van der Waals surface area contributed by atoms with E-state index >= 15 is 0 Å². The molecule has 4 heteroatoms. The zero-order chi connectivity index (χ0) is 10.3. The molecule has 0 radical (unpaired) electrons. The molecule has 1 aromatic rings. The SMILES string of the molecule is [2H]N1Cc2cc(CO)cc(F)c2C1=O. The van der Waals surface area contributed by atoms with Crippen LogP contribution >= 0.6 is 0 Å². The van der Waals surface area contributed by atoms with Crippen LogP contribution in [0.25, 0.3) is 0 Å². The summed E-state index contributed by atoms with van der Waals surface area (Å²) in [6.45, 7) is -0.185. The van der Waals surface area contributed by atoms with E-state index in [0.717, 1.165) is 6.07 Å². The lowest BCUT2D eigenvalue weighted by atomic mass is 10.1. The lowest BCUT2D eigenvalue weighted by Gasteiger charge is -2.01. The van der Waals surface area contributed by atoms with Crippen LogP contribution in [0.2, 0.25) is 1.41 Å². The molecule has 0 aromatic heterocycles. The van der Waals surface area contributed by atoms with E-state index in [-0.39, 0.29) is 18.7 Å². The number of nitrogens with one attached hydrogen (secondary N) is 1. The molecule has 0 unspecified atom stereocenters. The van der Waals surface area contributed by atoms with Crippen LogP contribution in [0.3, 0.4) is 0 Å². The molecule has 1 amide bonds. The maximum atomic E-state index is 13.3. The molecule has 0 saturated heterocycles. The number of benzene rings is 1. The van der Waals surface area contributed by atoms with Gasteiger partial charge >= 0.3 is 0 Å². The van der Waals surface area contributed by atoms with E-state index in [0.29, 0.717) is 16.4 Å². The lowest BCUT2D eigenvalue weighted by molar-refractivity contribution is 0.0962. The van der Waals surface area contributed by atoms with Crippen LogP contribution in [0.15, 0.2) is 12.1 Å². The molecule has 0 fully saturated rings. The van der Waals surface area contributed by atoms with Crippen LogP contribution in [0.4, 0.5) is 4.39 Å². The highest BCUT2D eigenvalue weighted by atomic mass is 19.1. The first-order chi connectivity index (χ1) is 6.63. The number of aliphatic hydroxyl groups is 1. The third-order valence-electron chi connectivity index (χ3n) is 2.02. The Bertz CT molecular complexity index is 408. The predicted octanol–water partition coefficient (Wildman–Crippen LogP) is 0.561. The fraction of sp³-hybridized carbons (Fsp3) is 0.222. The smallest absolute Gasteiger partial charge is 0.254 e. The molecule has 0 spiro atoms. The molecular formula is C9H8FNO2. The molecule has 68 valence electrons. The van der Waals surface area contributed by atoms with Crippen molar-refractivity contribution in [2.24, 2.45) is 0 Å². The second-order valence-electron chi connectivity index (χ2n) is 2.89. The van der Waals surface area contributed by atoms with E-state index in [1.54, 1.807) is 6.07 Å². The molecule has 1 aromatic carbocycles. The van der Waals surface area contributed by atoms with Crippen molar-refractivity contribution in [3.05, 3.63) is 34.6 Å². The molecule has 0 atom stereocenters. The van der Waals surface area contributed by atoms with Gasteiger partial charge in [0.25, 0.3) is 5.91 Å². The van der Waals surface area contributed by atoms with Gasteiger partial charge in [0.1, 0.15) is 5.82 Å². The Morgan fingerprint density at radius 1 is 1.69 bits per heavy atom. The fourth-order valence-electron chi connectivity index (χ4n) is 1.42. The number of carbonyl (C=O) groups excluding carboxylic acids is 1. The number of amides is 1. The molecule has 2 N–H and O–H groups in total. The Morgan fingerprint density at radius 3 is 3.15 bits per heavy atom. The van der Waals surface area contributed by atoms with Gasteiger partial charge in [-0.2, -0.15) is 0 Å². The Hall–Kier alpha value is -1.42. The van der Waals surface area contributed by atoms with Gasteiger partial charge in [-0.05, 0) is 17.2 Å². The van der Waals surface area contributed by atoms with Crippen molar-refractivity contribution >= 4 is 5.91 Å². The summed E-state index contributed by atoms with van der Waals surface area (Å²) in [4.78, 5) is 11.3. The van der Waals surface area contributed by atoms with Crippen LogP contribution in [-0.4, -0.2) is 11.0 Å². The summed E-state index contributed by atoms with van der Waals surface area (Å²) in [5.74, 6) is -1.28. The van der Waals surface area contributed by atoms with Crippen LogP contribution in [0.5, 0.6) is 0 Å². The Morgan fingerprint density at radius 2 is 2.46 bits per heavy atom. The van der Waals surface area contributed by atoms with Crippen molar-refractivity contribution in [1.29, 1.82) is 0 Å². The van der Waals surface area contributed by atoms with Crippen LogP contribution < -0.4 is 5.31 Å². The van der Waals surface area contributed by atoms with Crippen LogP contribution in [0, 0.1) is 5.82 Å². The predicted molar refractivity (Wildman–Crippen MR) is 43.5 cm³/mol. The van der Waals surface area contributed by atoms with Gasteiger partial charge in [-0.15, -0.1) is 0 Å². The van der Waals surface area contributed by atoms with Crippen LogP contribution in [0.1, 0.15) is 21.5 Å². The minimum atomic E-state index is -0.661. The largest absolute Gasteiger partial charge is 0.392 e. The van der Waals surface area contributed by atoms with Crippen molar-refractivity contribution in [2.45, 2.75) is 13.2 Å². The molecule has 0 bridgehead atoms. The van der Waals surface area contributed by atoms with Gasteiger partial charge in [0.15, 0.2) is 1.41 Å². The maximum Gasteiger partial charge on any atom is 0.254 e. The normalized spacial score (nSPS) is 16.0. The number of fused-ring (bicyclic) bond motifs is 1. The third-order valence-corrected chi connectivity index (χ3v) is 2.02. The van der Waals surface area contributed by atoms with Gasteiger partial charge in [0, 0.05) is 6.54 Å². The molecule has 0 aliphatic carbocycles. The van der Waals surface area contributed by atoms with Gasteiger partial charge < -0.3 is 10.4 Å². The lowest BCUT2D eigenvalue weighted by Crippen LogP contribution is -2.13. The molecule has 2 rings (SSSR count). The Kier molecular flexibility index (Phi) is 1.52. The Balaban J connectivity index is 2.57. The summed E-state index contributed by atoms with van der Waals surface area (Å²) >= 11 is 0. The number of halogens is 1. The quantitative estimate of drug-likeness (QED) is 0.666. The molecule has 1 aliphatic heterocycles. The van der Waals surface area contributed by atoms with Gasteiger partial charge in [-0.25, -0.2) is 4.39 Å². The molecule has 3 nitrogen and oxygen atoms in total. The molecule has 0 saturated carbocycles. The van der Waals surface area contributed by atoms with Gasteiger partial charge in [-0.1, -0.05) is 6.07 Å². The number of hydrogen-bond acceptors (Lipinski definition) is 2. The molecule has 1 heterocycles. The first-order valence-corrected chi connectivity index (χ1v) is 3.86. The van der Waals surface area contributed by atoms with E-state index in [1.807, 2.05) is 0 Å². The average Bonchev–Trinajstić information content (AvgIpc) is 2.43. The first-order valence-electron chi connectivity index (χ1n) is 4.31. The standard InChI is InChI=1S/C9H8FNO2/c10-7-2-5(4-12)1-6-3-11-9(13)8(6)7/h1-2,12H,3-4H2,(H,11,13)/i/hD. The van der Waals surface area contributed by atoms with Crippen molar-refractivity contribution in [3.63, 3.8) is 0 Å². The van der Waals surface area contributed by atoms with Crippen molar-refractivity contribution in [1.82, 2.24) is 5.31 Å². The van der Waals surface area contributed by atoms with Crippen molar-refractivity contribution in [2.75, 3.05) is 0 Å². The monoisotopic (exact) mass is 182 g/mol. The number of rotatable bonds is 1. The van der Waals surface area contributed by atoms with Crippen molar-refractivity contribution in [3.8, 4) is 0 Å². The van der Waals surface area contributed by atoms with Gasteiger partial charge in [0.2, 0.25) is 0 Å². The van der Waals surface area contributed by atoms with Crippen LogP contribution in [-0.2, 0) is 13.2 Å². The number of hydrogen-bond donors (Lipinski definition) is 2. The molecule has 13 heavy (non-hydrogen) atoms. The highest BCUT2D eigenvalue weighted by Crippen LogP contribution is 2.20. The third kappa shape index (κ3) is 1.19. The summed E-state index contributed by atoms with van der Waals surface area (Å²) in [5.41, 5.74) is 0.843. The maximum absolute atomic E-state index is 13.3. The van der Waals surface area contributed by atoms with E-state index in [1.165, 1.54) is 0 Å². The minimum Gasteiger partial charge on any atom is -0.392 e. The van der Waals surface area contributed by atoms with E-state index in [2.05, 4.69) is 0 Å². The summed E-state index contributed by atoms with van der Waals surface area (Å²) in [6.07, 6.45) is 0. The van der Waals surface area contributed by atoms with Gasteiger partial charge in [0.05, 0.1) is 12.2 Å². The number of carbonyl (C=O) groups is 1. The summed E-state index contributed by atoms with van der Waals surface area (Å²) in [7, 11) is 0. The Labute approximate surface area is 75.7 Å². The van der Waals surface area contributed by atoms with E-state index in [9.17, 15) is 9.18 Å². The van der Waals surface area contributed by atoms with Crippen molar-refractivity contribution < 1.29 is 15.7 Å². The summed E-state index contributed by atoms with van der Waals surface area (Å²) < 4.78 is 20.5. The van der Waals surface area contributed by atoms with Gasteiger partial charge in [-0.3, -0.25) is 4.79 Å². The molecule has 1 aliphatic rings. The first kappa shape index (κ1) is 7.03. The van der Waals surface area contributed by atoms with E-state index in [4.69, 9.17) is 6.52 Å². The topological polar surface area (TPSA) is 49.3 Å². The molecular weight excluding hydrogens is 173 g/mol. The second-order valence-corrected chi connectivity index (χ2v) is 2.89. The second kappa shape index (κ2) is 2.81. The highest BCUT2D eigenvalue weighted by Gasteiger charge is 2.23.